The van der Waals surface area contributed by atoms with Gasteiger partial charge in [0.2, 0.25) is 0 Å². The van der Waals surface area contributed by atoms with E-state index in [1.807, 2.05) is 0 Å². The van der Waals surface area contributed by atoms with Crippen LogP contribution in [-0.4, -0.2) is 0 Å². The van der Waals surface area contributed by atoms with E-state index in [1.54, 1.807) is 0 Å². The Bertz CT molecular complexity index is 624. The van der Waals surface area contributed by atoms with Gasteiger partial charge in [0.05, 0.1) is 12.5 Å². The summed E-state index contributed by atoms with van der Waals surface area (Å²) in [6.07, 6.45) is 2.03. The van der Waals surface area contributed by atoms with Crippen LogP contribution in [0.2, 0.25) is 0 Å². The van der Waals surface area contributed by atoms with E-state index in [2.05, 4.69) is 31.2 Å². The van der Waals surface area contributed by atoms with Gasteiger partial charge < -0.3 is 9.05 Å². The highest BCUT2D eigenvalue weighted by atomic mass is 35.9. The molecule has 1 rings (SSSR count). The fourth-order valence-corrected chi connectivity index (χ4v) is 21.4. The fourth-order valence-electron chi connectivity index (χ4n) is 0.877. The SMILES string of the molecule is C=COP1(Cl)=NP(Cl)(Cl)=NP(Cl)(Cl)=NP(Cl)(OC=C)=N1. The molecule has 20 heavy (non-hydrogen) atoms. The first-order valence-corrected chi connectivity index (χ1v) is 16.3. The number of halogens is 6. The average Bonchev–Trinajstić information content (AvgIpc) is 2.09. The predicted octanol–water partition coefficient (Wildman–Crippen LogP) is 9.54. The number of hydrogen-bond donors (Lipinski definition) is 0. The van der Waals surface area contributed by atoms with Gasteiger partial charge in [-0.15, -0.1) is 4.52 Å². The largest absolute Gasteiger partial charge is 0.439 e. The second-order valence-corrected chi connectivity index (χ2v) is 19.1. The summed E-state index contributed by atoms with van der Waals surface area (Å²) in [5, 5.41) is 0. The van der Waals surface area contributed by atoms with Crippen LogP contribution in [0, 0.1) is 0 Å². The first-order chi connectivity index (χ1) is 8.95. The van der Waals surface area contributed by atoms with E-state index in [0.29, 0.717) is 0 Å². The lowest BCUT2D eigenvalue weighted by Gasteiger charge is -2.21. The third kappa shape index (κ3) is 6.09. The molecule has 0 aromatic rings. The van der Waals surface area contributed by atoms with Gasteiger partial charge in [-0.1, -0.05) is 13.2 Å². The van der Waals surface area contributed by atoms with Crippen LogP contribution < -0.4 is 0 Å². The van der Waals surface area contributed by atoms with Crippen LogP contribution in [0.1, 0.15) is 0 Å². The number of rotatable bonds is 4. The predicted molar refractivity (Wildman–Crippen MR) is 95.1 cm³/mol. The monoisotopic (exact) mass is 476 g/mol. The van der Waals surface area contributed by atoms with Crippen LogP contribution in [0.25, 0.3) is 0 Å². The van der Waals surface area contributed by atoms with Crippen molar-refractivity contribution in [1.82, 2.24) is 0 Å². The van der Waals surface area contributed by atoms with Crippen molar-refractivity contribution in [2.24, 2.45) is 18.1 Å². The second kappa shape index (κ2) is 7.10. The molecule has 6 nitrogen and oxygen atoms in total. The molecule has 0 radical (unpaired) electrons. The maximum atomic E-state index is 6.13. The Morgan fingerprint density at radius 3 is 1.50 bits per heavy atom. The molecule has 0 amide bonds. The summed E-state index contributed by atoms with van der Waals surface area (Å²) in [7, 11) is 0. The zero-order valence-electron chi connectivity index (χ0n) is 9.23. The van der Waals surface area contributed by atoms with Crippen LogP contribution in [0.5, 0.6) is 0 Å². The van der Waals surface area contributed by atoms with Gasteiger partial charge in [0.25, 0.3) is 11.8 Å². The lowest BCUT2D eigenvalue weighted by Crippen LogP contribution is -1.77. The van der Waals surface area contributed by atoms with E-state index in [-0.39, 0.29) is 0 Å². The van der Waals surface area contributed by atoms with Crippen molar-refractivity contribution in [3.63, 3.8) is 0 Å². The first-order valence-electron chi connectivity index (χ1n) is 4.27. The molecule has 0 saturated heterocycles. The molecule has 0 bridgehead atoms. The zero-order chi connectivity index (χ0) is 15.7. The smallest absolute Gasteiger partial charge is 0.351 e. The van der Waals surface area contributed by atoms with Crippen molar-refractivity contribution < 1.29 is 9.05 Å². The van der Waals surface area contributed by atoms with Crippen molar-refractivity contribution in [2.75, 3.05) is 0 Å². The van der Waals surface area contributed by atoms with Gasteiger partial charge >= 0.3 is 13.6 Å². The van der Waals surface area contributed by atoms with Crippen molar-refractivity contribution in [3.8, 4) is 0 Å². The quantitative estimate of drug-likeness (QED) is 0.298. The lowest BCUT2D eigenvalue weighted by atomic mass is 11.2. The van der Waals surface area contributed by atoms with Crippen molar-refractivity contribution in [3.05, 3.63) is 25.7 Å². The van der Waals surface area contributed by atoms with E-state index in [0.717, 1.165) is 12.5 Å². The molecular weight excluding hydrogens is 473 g/mol. The summed E-state index contributed by atoms with van der Waals surface area (Å²) in [5.41, 5.74) is 0. The molecule has 0 aromatic heterocycles. The average molecular weight is 479 g/mol. The van der Waals surface area contributed by atoms with Crippen LogP contribution in [0.15, 0.2) is 43.7 Å². The maximum Gasteiger partial charge on any atom is 0.351 e. The van der Waals surface area contributed by atoms with Gasteiger partial charge in [-0.2, -0.15) is 13.5 Å². The molecule has 1 aliphatic rings. The van der Waals surface area contributed by atoms with Gasteiger partial charge in [0.15, 0.2) is 0 Å². The lowest BCUT2D eigenvalue weighted by molar-refractivity contribution is 0.531. The summed E-state index contributed by atoms with van der Waals surface area (Å²) < 4.78 is 25.6. The van der Waals surface area contributed by atoms with Crippen molar-refractivity contribution in [1.29, 1.82) is 0 Å². The molecule has 16 heteroatoms. The molecule has 0 N–H and O–H groups in total. The third-order valence-electron chi connectivity index (χ3n) is 1.29. The molecule has 116 valence electrons. The maximum absolute atomic E-state index is 6.13. The van der Waals surface area contributed by atoms with Gasteiger partial charge in [-0.05, 0) is 67.4 Å². The van der Waals surface area contributed by atoms with Gasteiger partial charge in [0.1, 0.15) is 0 Å². The zero-order valence-corrected chi connectivity index (χ0v) is 17.3. The normalized spacial score (nSPS) is 34.7. The van der Waals surface area contributed by atoms with Crippen LogP contribution in [-0.2, 0) is 9.05 Å². The Kier molecular flexibility index (Phi) is 7.02. The minimum atomic E-state index is -3.42. The third-order valence-corrected chi connectivity index (χ3v) is 16.9. The summed E-state index contributed by atoms with van der Waals surface area (Å²) in [6, 6.07) is 0. The molecule has 0 fully saturated rings. The molecule has 2 unspecified atom stereocenters. The van der Waals surface area contributed by atoms with Crippen LogP contribution >= 0.6 is 92.8 Å². The number of hydrogen-bond acceptors (Lipinski definition) is 6. The minimum Gasteiger partial charge on any atom is -0.439 e. The number of nitrogens with zero attached hydrogens (tertiary/aromatic N) is 4. The highest BCUT2D eigenvalue weighted by Gasteiger charge is 2.35. The van der Waals surface area contributed by atoms with Gasteiger partial charge in [0, 0.05) is 0 Å². The Hall–Kier alpha value is 1.74. The molecular formula is C4H6Cl6N4O2P4. The highest BCUT2D eigenvalue weighted by Crippen LogP contribution is 2.86. The van der Waals surface area contributed by atoms with Crippen molar-refractivity contribution in [2.45, 2.75) is 0 Å². The van der Waals surface area contributed by atoms with E-state index in [1.165, 1.54) is 0 Å². The van der Waals surface area contributed by atoms with E-state index < -0.39 is 25.4 Å². The highest BCUT2D eigenvalue weighted by molar-refractivity contribution is 8.21. The molecule has 0 aliphatic carbocycles. The standard InChI is InChI=1S/C4H6Cl6N4O2P4/c1-3-15-19(9)12-17(5,6)11-18(7,8)13-20(10,14-19)16-4-2/h3-4H,1-2H2. The summed E-state index contributed by atoms with van der Waals surface area (Å²) in [5.74, 6) is -6.68. The van der Waals surface area contributed by atoms with E-state index >= 15 is 0 Å². The molecule has 2 atom stereocenters. The minimum absolute atomic E-state index is 1.02. The first kappa shape index (κ1) is 19.8. The topological polar surface area (TPSA) is 67.9 Å². The van der Waals surface area contributed by atoms with E-state index in [4.69, 9.17) is 76.5 Å². The Balaban J connectivity index is 3.73. The Morgan fingerprint density at radius 2 is 1.05 bits per heavy atom. The Labute approximate surface area is 145 Å². The molecule has 0 saturated carbocycles. The molecule has 1 heterocycles. The van der Waals surface area contributed by atoms with E-state index in [9.17, 15) is 0 Å². The van der Waals surface area contributed by atoms with Crippen LogP contribution in [0.4, 0.5) is 0 Å². The van der Waals surface area contributed by atoms with Gasteiger partial charge in [-0.25, -0.2) is 0 Å². The summed E-state index contributed by atoms with van der Waals surface area (Å²) in [4.78, 5) is 0. The second-order valence-electron chi connectivity index (χ2n) is 2.76. The van der Waals surface area contributed by atoms with Crippen molar-refractivity contribution >= 4 is 92.8 Å². The Morgan fingerprint density at radius 1 is 0.650 bits per heavy atom. The summed E-state index contributed by atoms with van der Waals surface area (Å²) >= 11 is 36.0. The summed E-state index contributed by atoms with van der Waals surface area (Å²) in [6.45, 7) is -0.126. The fraction of sp³-hybridized carbons (Fsp3) is 0. The van der Waals surface area contributed by atoms with Gasteiger partial charge in [-0.3, -0.25) is 0 Å². The molecule has 0 spiro atoms. The molecule has 0 aromatic carbocycles. The molecule has 1 aliphatic heterocycles. The van der Waals surface area contributed by atoms with Crippen LogP contribution in [0.3, 0.4) is 0 Å².